The van der Waals surface area contributed by atoms with Crippen LogP contribution < -0.4 is 9.46 Å². The molecule has 2 rings (SSSR count). The van der Waals surface area contributed by atoms with Crippen LogP contribution in [0.2, 0.25) is 0 Å². The highest BCUT2D eigenvalue weighted by molar-refractivity contribution is 9.10. The molecular formula is C18H17BrFNO7S. The van der Waals surface area contributed by atoms with Gasteiger partial charge in [-0.25, -0.2) is 22.4 Å². The minimum atomic E-state index is -4.46. The van der Waals surface area contributed by atoms with E-state index in [0.717, 1.165) is 38.5 Å². The number of hydrogen-bond acceptors (Lipinski definition) is 7. The van der Waals surface area contributed by atoms with Gasteiger partial charge in [-0.05, 0) is 47.1 Å². The molecule has 0 saturated carbocycles. The Morgan fingerprint density at radius 1 is 1.10 bits per heavy atom. The summed E-state index contributed by atoms with van der Waals surface area (Å²) in [6, 6.07) is 5.35. The lowest BCUT2D eigenvalue weighted by Crippen LogP contribution is -2.19. The molecule has 0 aromatic heterocycles. The van der Waals surface area contributed by atoms with Gasteiger partial charge in [-0.15, -0.1) is 0 Å². The van der Waals surface area contributed by atoms with Crippen molar-refractivity contribution < 1.29 is 36.6 Å². The quantitative estimate of drug-likeness (QED) is 0.593. The second-order valence-corrected chi connectivity index (χ2v) is 8.00. The Labute approximate surface area is 175 Å². The van der Waals surface area contributed by atoms with E-state index in [1.807, 2.05) is 0 Å². The third-order valence-corrected chi connectivity index (χ3v) is 5.63. The zero-order chi connectivity index (χ0) is 21.8. The van der Waals surface area contributed by atoms with E-state index in [-0.39, 0.29) is 33.6 Å². The van der Waals surface area contributed by atoms with Crippen LogP contribution in [0.25, 0.3) is 0 Å². The molecule has 0 aliphatic rings. The summed E-state index contributed by atoms with van der Waals surface area (Å²) in [6.07, 6.45) is 0. The monoisotopic (exact) mass is 489 g/mol. The first-order chi connectivity index (χ1) is 13.6. The molecule has 0 amide bonds. The summed E-state index contributed by atoms with van der Waals surface area (Å²) in [7, 11) is -2.26. The summed E-state index contributed by atoms with van der Waals surface area (Å²) in [5.41, 5.74) is -0.620. The molecule has 0 spiro atoms. The normalized spacial score (nSPS) is 10.9. The molecule has 0 radical (unpaired) electrons. The zero-order valence-electron chi connectivity index (χ0n) is 15.6. The average molecular weight is 490 g/mol. The summed E-state index contributed by atoms with van der Waals surface area (Å²) in [4.78, 5) is 23.3. The molecule has 0 aliphatic heterocycles. The maximum atomic E-state index is 13.8. The number of methoxy groups -OCH3 is 2. The third kappa shape index (κ3) is 5.04. The van der Waals surface area contributed by atoms with Gasteiger partial charge in [-0.3, -0.25) is 4.72 Å². The van der Waals surface area contributed by atoms with Crippen LogP contribution in [-0.4, -0.2) is 41.2 Å². The van der Waals surface area contributed by atoms with E-state index in [0.29, 0.717) is 0 Å². The molecule has 0 bridgehead atoms. The van der Waals surface area contributed by atoms with Crippen LogP contribution >= 0.6 is 15.9 Å². The maximum absolute atomic E-state index is 13.8. The number of hydrogen-bond donors (Lipinski definition) is 1. The molecule has 0 atom stereocenters. The van der Waals surface area contributed by atoms with Gasteiger partial charge in [0.05, 0.1) is 42.1 Å². The lowest BCUT2D eigenvalue weighted by atomic mass is 10.1. The first-order valence-corrected chi connectivity index (χ1v) is 10.4. The van der Waals surface area contributed by atoms with Gasteiger partial charge >= 0.3 is 11.9 Å². The van der Waals surface area contributed by atoms with Crippen molar-refractivity contribution in [3.05, 3.63) is 51.7 Å². The van der Waals surface area contributed by atoms with E-state index in [2.05, 4.69) is 30.1 Å². The van der Waals surface area contributed by atoms with Crippen molar-refractivity contribution in [2.75, 3.05) is 25.5 Å². The van der Waals surface area contributed by atoms with Gasteiger partial charge in [0, 0.05) is 6.07 Å². The van der Waals surface area contributed by atoms with Crippen molar-refractivity contribution in [3.63, 3.8) is 0 Å². The van der Waals surface area contributed by atoms with Crippen LogP contribution in [0, 0.1) is 5.82 Å². The fourth-order valence-electron chi connectivity index (χ4n) is 2.40. The average Bonchev–Trinajstić information content (AvgIpc) is 2.68. The number of halogens is 2. The summed E-state index contributed by atoms with van der Waals surface area (Å²) < 4.78 is 56.8. The Morgan fingerprint density at radius 2 is 1.76 bits per heavy atom. The molecule has 0 aliphatic carbocycles. The van der Waals surface area contributed by atoms with Gasteiger partial charge < -0.3 is 14.2 Å². The molecular weight excluding hydrogens is 473 g/mol. The van der Waals surface area contributed by atoms with Crippen LogP contribution in [0.3, 0.4) is 0 Å². The van der Waals surface area contributed by atoms with Gasteiger partial charge in [-0.2, -0.15) is 0 Å². The topological polar surface area (TPSA) is 108 Å². The minimum absolute atomic E-state index is 0.0567. The van der Waals surface area contributed by atoms with E-state index in [9.17, 15) is 22.4 Å². The van der Waals surface area contributed by atoms with E-state index in [4.69, 9.17) is 4.74 Å². The Kier molecular flexibility index (Phi) is 7.20. The van der Waals surface area contributed by atoms with Crippen molar-refractivity contribution in [1.82, 2.24) is 0 Å². The number of carbonyl (C=O) groups is 2. The molecule has 0 saturated heterocycles. The Hall–Kier alpha value is -2.66. The maximum Gasteiger partial charge on any atom is 0.339 e. The van der Waals surface area contributed by atoms with Crippen LogP contribution in [0.1, 0.15) is 27.6 Å². The first kappa shape index (κ1) is 22.6. The highest BCUT2D eigenvalue weighted by atomic mass is 79.9. The molecule has 1 N–H and O–H groups in total. The molecule has 0 unspecified atom stereocenters. The number of anilines is 1. The van der Waals surface area contributed by atoms with E-state index < -0.39 is 32.7 Å². The standard InChI is InChI=1S/C18H17BrFNO7S/c1-4-28-16-13(19)8-11(20)9-14(16)21-29(24,25)15-7-10(17(22)26-2)5-6-12(15)18(23)27-3/h5-9,21H,4H2,1-3H3. The van der Waals surface area contributed by atoms with Crippen LogP contribution in [0.4, 0.5) is 10.1 Å². The lowest BCUT2D eigenvalue weighted by molar-refractivity contribution is 0.0583. The van der Waals surface area contributed by atoms with E-state index in [1.54, 1.807) is 6.92 Å². The highest BCUT2D eigenvalue weighted by Gasteiger charge is 2.27. The van der Waals surface area contributed by atoms with Crippen molar-refractivity contribution in [2.24, 2.45) is 0 Å². The van der Waals surface area contributed by atoms with Crippen LogP contribution in [-0.2, 0) is 19.5 Å². The Morgan fingerprint density at radius 3 is 2.34 bits per heavy atom. The molecule has 0 heterocycles. The van der Waals surface area contributed by atoms with Crippen LogP contribution in [0.15, 0.2) is 39.7 Å². The predicted octanol–water partition coefficient (Wildman–Crippen LogP) is 3.36. The molecule has 8 nitrogen and oxygen atoms in total. The third-order valence-electron chi connectivity index (χ3n) is 3.64. The molecule has 2 aromatic rings. The molecule has 156 valence electrons. The van der Waals surface area contributed by atoms with Gasteiger partial charge in [0.1, 0.15) is 10.7 Å². The van der Waals surface area contributed by atoms with Crippen LogP contribution in [0.5, 0.6) is 5.75 Å². The van der Waals surface area contributed by atoms with E-state index >= 15 is 0 Å². The zero-order valence-corrected chi connectivity index (χ0v) is 18.0. The fraction of sp³-hybridized carbons (Fsp3) is 0.222. The largest absolute Gasteiger partial charge is 0.490 e. The van der Waals surface area contributed by atoms with E-state index in [1.165, 1.54) is 6.07 Å². The summed E-state index contributed by atoms with van der Waals surface area (Å²) in [6.45, 7) is 1.85. The van der Waals surface area contributed by atoms with Gasteiger partial charge in [0.15, 0.2) is 5.75 Å². The van der Waals surface area contributed by atoms with Gasteiger partial charge in [-0.1, -0.05) is 0 Å². The number of rotatable bonds is 7. The van der Waals surface area contributed by atoms with Gasteiger partial charge in [0.2, 0.25) is 0 Å². The molecule has 0 fully saturated rings. The Balaban J connectivity index is 2.64. The van der Waals surface area contributed by atoms with Crippen molar-refractivity contribution in [3.8, 4) is 5.75 Å². The van der Waals surface area contributed by atoms with Crippen molar-refractivity contribution in [2.45, 2.75) is 11.8 Å². The summed E-state index contributed by atoms with van der Waals surface area (Å²) in [5, 5.41) is 0. The number of nitrogens with one attached hydrogen (secondary N) is 1. The predicted molar refractivity (Wildman–Crippen MR) is 105 cm³/mol. The number of esters is 2. The number of ether oxygens (including phenoxy) is 3. The van der Waals surface area contributed by atoms with Gasteiger partial charge in [0.25, 0.3) is 10.0 Å². The fourth-order valence-corrected chi connectivity index (χ4v) is 4.22. The number of sulfonamides is 1. The second-order valence-electron chi connectivity index (χ2n) is 5.50. The lowest BCUT2D eigenvalue weighted by Gasteiger charge is -2.16. The first-order valence-electron chi connectivity index (χ1n) is 8.10. The second kappa shape index (κ2) is 9.23. The summed E-state index contributed by atoms with van der Waals surface area (Å²) in [5.74, 6) is -2.41. The molecule has 29 heavy (non-hydrogen) atoms. The smallest absolute Gasteiger partial charge is 0.339 e. The highest BCUT2D eigenvalue weighted by Crippen LogP contribution is 2.36. The summed E-state index contributed by atoms with van der Waals surface area (Å²) >= 11 is 3.12. The molecule has 2 aromatic carbocycles. The number of benzene rings is 2. The Bertz CT molecular complexity index is 1060. The minimum Gasteiger partial charge on any atom is -0.490 e. The van der Waals surface area contributed by atoms with Crippen molar-refractivity contribution >= 4 is 43.6 Å². The number of carbonyl (C=O) groups excluding carboxylic acids is 2. The van der Waals surface area contributed by atoms with Crippen molar-refractivity contribution in [1.29, 1.82) is 0 Å². The SMILES string of the molecule is CCOc1c(Br)cc(F)cc1NS(=O)(=O)c1cc(C(=O)OC)ccc1C(=O)OC. The molecule has 11 heteroatoms.